The first-order valence-electron chi connectivity index (χ1n) is 7.74. The molecule has 1 aromatic carbocycles. The first kappa shape index (κ1) is 18.4. The number of hydrogen-bond acceptors (Lipinski definition) is 3. The third kappa shape index (κ3) is 4.53. The minimum atomic E-state index is 0. The summed E-state index contributed by atoms with van der Waals surface area (Å²) in [5.41, 5.74) is 0.900. The first-order valence-corrected chi connectivity index (χ1v) is 7.74. The van der Waals surface area contributed by atoms with Gasteiger partial charge in [0.1, 0.15) is 17.1 Å². The molecule has 0 radical (unpaired) electrons. The van der Waals surface area contributed by atoms with E-state index in [-0.39, 0.29) is 30.0 Å². The predicted molar refractivity (Wildman–Crippen MR) is 107 cm³/mol. The van der Waals surface area contributed by atoms with Crippen LogP contribution < -0.4 is 10.6 Å². The Hall–Kier alpha value is -1.96. The topological polar surface area (TPSA) is 62.7 Å². The molecular weight excluding hydrogens is 417 g/mol. The Morgan fingerprint density at radius 2 is 2.04 bits per heavy atom. The van der Waals surface area contributed by atoms with Crippen LogP contribution in [0.15, 0.2) is 62.6 Å². The van der Waals surface area contributed by atoms with Crippen molar-refractivity contribution in [2.24, 2.45) is 4.99 Å². The molecule has 1 unspecified atom stereocenters. The number of hydrogen-bond donors (Lipinski definition) is 2. The fourth-order valence-corrected chi connectivity index (χ4v) is 2.45. The molecule has 0 spiro atoms. The van der Waals surface area contributed by atoms with Crippen LogP contribution in [0.25, 0.3) is 11.0 Å². The van der Waals surface area contributed by atoms with Crippen LogP contribution in [0.5, 0.6) is 0 Å². The van der Waals surface area contributed by atoms with Gasteiger partial charge in [-0.05, 0) is 31.2 Å². The third-order valence-corrected chi connectivity index (χ3v) is 3.69. The van der Waals surface area contributed by atoms with Crippen LogP contribution in [0.4, 0.5) is 0 Å². The smallest absolute Gasteiger partial charge is 0.191 e. The highest BCUT2D eigenvalue weighted by atomic mass is 127. The summed E-state index contributed by atoms with van der Waals surface area (Å²) in [5, 5.41) is 7.73. The second-order valence-electron chi connectivity index (χ2n) is 5.38. The Morgan fingerprint density at radius 1 is 1.21 bits per heavy atom. The third-order valence-electron chi connectivity index (χ3n) is 3.69. The fraction of sp³-hybridized carbons (Fsp3) is 0.278. The van der Waals surface area contributed by atoms with Crippen molar-refractivity contribution in [2.75, 3.05) is 13.6 Å². The van der Waals surface area contributed by atoms with Crippen molar-refractivity contribution in [3.8, 4) is 0 Å². The monoisotopic (exact) mass is 439 g/mol. The quantitative estimate of drug-likeness (QED) is 0.357. The molecule has 0 saturated carbocycles. The molecule has 128 valence electrons. The summed E-state index contributed by atoms with van der Waals surface area (Å²) in [6.07, 6.45) is 2.50. The van der Waals surface area contributed by atoms with E-state index in [9.17, 15) is 0 Å². The van der Waals surface area contributed by atoms with Crippen molar-refractivity contribution in [1.82, 2.24) is 10.6 Å². The van der Waals surface area contributed by atoms with Gasteiger partial charge < -0.3 is 19.5 Å². The van der Waals surface area contributed by atoms with Crippen LogP contribution in [0.2, 0.25) is 0 Å². The number of guanidine groups is 1. The lowest BCUT2D eigenvalue weighted by Crippen LogP contribution is -2.39. The van der Waals surface area contributed by atoms with Crippen molar-refractivity contribution in [2.45, 2.75) is 19.4 Å². The maximum atomic E-state index is 5.88. The molecule has 5 nitrogen and oxygen atoms in total. The lowest BCUT2D eigenvalue weighted by atomic mass is 10.2. The van der Waals surface area contributed by atoms with Gasteiger partial charge in [-0.2, -0.15) is 0 Å². The van der Waals surface area contributed by atoms with Crippen LogP contribution >= 0.6 is 24.0 Å². The number of fused-ring (bicyclic) bond motifs is 1. The number of para-hydroxylation sites is 1. The highest BCUT2D eigenvalue weighted by Gasteiger charge is 2.12. The molecule has 0 saturated heterocycles. The maximum Gasteiger partial charge on any atom is 0.191 e. The van der Waals surface area contributed by atoms with Crippen LogP contribution in [-0.2, 0) is 6.42 Å². The molecule has 2 heterocycles. The highest BCUT2D eigenvalue weighted by molar-refractivity contribution is 14.0. The van der Waals surface area contributed by atoms with Gasteiger partial charge in [0.2, 0.25) is 0 Å². The summed E-state index contributed by atoms with van der Waals surface area (Å²) < 4.78 is 11.2. The average molecular weight is 439 g/mol. The lowest BCUT2D eigenvalue weighted by molar-refractivity contribution is 0.486. The number of benzene rings is 1. The van der Waals surface area contributed by atoms with E-state index >= 15 is 0 Å². The van der Waals surface area contributed by atoms with Crippen molar-refractivity contribution >= 4 is 40.9 Å². The largest absolute Gasteiger partial charge is 0.469 e. The Balaban J connectivity index is 0.00000208. The molecule has 0 fully saturated rings. The summed E-state index contributed by atoms with van der Waals surface area (Å²) in [6.45, 7) is 2.80. The van der Waals surface area contributed by atoms with E-state index in [2.05, 4.69) is 28.6 Å². The minimum absolute atomic E-state index is 0. The first-order chi connectivity index (χ1) is 11.3. The van der Waals surface area contributed by atoms with Gasteiger partial charge in [-0.1, -0.05) is 18.2 Å². The number of nitrogens with zero attached hydrogens (tertiary/aromatic N) is 1. The molecule has 1 atom stereocenters. The molecule has 6 heteroatoms. The maximum absolute atomic E-state index is 5.88. The zero-order valence-electron chi connectivity index (χ0n) is 13.8. The molecule has 0 aliphatic rings. The van der Waals surface area contributed by atoms with Gasteiger partial charge in [0, 0.05) is 25.4 Å². The molecular formula is C18H22IN3O2. The second kappa shape index (κ2) is 8.77. The molecule has 0 amide bonds. The molecule has 2 aromatic heterocycles. The zero-order valence-corrected chi connectivity index (χ0v) is 16.1. The van der Waals surface area contributed by atoms with Crippen LogP contribution in [0.1, 0.15) is 24.5 Å². The fourth-order valence-electron chi connectivity index (χ4n) is 2.45. The van der Waals surface area contributed by atoms with E-state index in [0.29, 0.717) is 0 Å². The van der Waals surface area contributed by atoms with Crippen molar-refractivity contribution in [3.05, 3.63) is 60.2 Å². The van der Waals surface area contributed by atoms with Gasteiger partial charge in [-0.3, -0.25) is 4.99 Å². The van der Waals surface area contributed by atoms with E-state index < -0.39 is 0 Å². The summed E-state index contributed by atoms with van der Waals surface area (Å²) in [7, 11) is 1.76. The number of halogens is 1. The average Bonchev–Trinajstić information content (AvgIpc) is 3.22. The predicted octanol–water partition coefficient (Wildman–Crippen LogP) is 4.11. The molecule has 0 aliphatic carbocycles. The zero-order chi connectivity index (χ0) is 16.1. The molecule has 2 N–H and O–H groups in total. The van der Waals surface area contributed by atoms with Gasteiger partial charge in [-0.15, -0.1) is 24.0 Å². The van der Waals surface area contributed by atoms with Crippen molar-refractivity contribution in [1.29, 1.82) is 0 Å². The highest BCUT2D eigenvalue weighted by Crippen LogP contribution is 2.23. The SMILES string of the molecule is CN=C(NCCc1ccco1)NC(C)c1cc2ccccc2o1.I. The van der Waals surface area contributed by atoms with Gasteiger partial charge in [-0.25, -0.2) is 0 Å². The molecule has 3 rings (SSSR count). The van der Waals surface area contributed by atoms with Gasteiger partial charge in [0.05, 0.1) is 12.3 Å². The van der Waals surface area contributed by atoms with Crippen LogP contribution in [0, 0.1) is 0 Å². The summed E-state index contributed by atoms with van der Waals surface area (Å²) in [5.74, 6) is 2.59. The van der Waals surface area contributed by atoms with Gasteiger partial charge in [0.15, 0.2) is 5.96 Å². The Labute approximate surface area is 158 Å². The second-order valence-corrected chi connectivity index (χ2v) is 5.38. The molecule has 0 aliphatic heterocycles. The van der Waals surface area contributed by atoms with Crippen molar-refractivity contribution in [3.63, 3.8) is 0 Å². The van der Waals surface area contributed by atoms with Gasteiger partial charge in [0.25, 0.3) is 0 Å². The standard InChI is InChI=1S/C18H21N3O2.HI/c1-13(17-12-14-6-3-4-8-16(14)23-17)21-18(19-2)20-10-9-15-7-5-11-22-15;/h3-8,11-13H,9-10H2,1-2H3,(H2,19,20,21);1H. The number of aliphatic imine (C=N–C) groups is 1. The Bertz CT molecular complexity index is 748. The summed E-state index contributed by atoms with van der Waals surface area (Å²) in [6, 6.07) is 14.0. The van der Waals surface area contributed by atoms with Crippen molar-refractivity contribution < 1.29 is 8.83 Å². The van der Waals surface area contributed by atoms with E-state index in [1.165, 1.54) is 0 Å². The lowest BCUT2D eigenvalue weighted by Gasteiger charge is -2.16. The van der Waals surface area contributed by atoms with E-state index in [4.69, 9.17) is 8.83 Å². The normalized spacial score (nSPS) is 12.7. The summed E-state index contributed by atoms with van der Waals surface area (Å²) in [4.78, 5) is 4.25. The van der Waals surface area contributed by atoms with E-state index in [1.54, 1.807) is 13.3 Å². The summed E-state index contributed by atoms with van der Waals surface area (Å²) >= 11 is 0. The Kier molecular flexibility index (Phi) is 6.72. The Morgan fingerprint density at radius 3 is 2.75 bits per heavy atom. The minimum Gasteiger partial charge on any atom is -0.469 e. The van der Waals surface area contributed by atoms with Crippen LogP contribution in [0.3, 0.4) is 0 Å². The molecule has 24 heavy (non-hydrogen) atoms. The number of rotatable bonds is 5. The van der Waals surface area contributed by atoms with Crippen LogP contribution in [-0.4, -0.2) is 19.6 Å². The molecule has 0 bridgehead atoms. The van der Waals surface area contributed by atoms with E-state index in [0.717, 1.165) is 41.4 Å². The van der Waals surface area contributed by atoms with E-state index in [1.807, 2.05) is 36.4 Å². The van der Waals surface area contributed by atoms with Gasteiger partial charge >= 0.3 is 0 Å². The number of furan rings is 2. The number of nitrogens with one attached hydrogen (secondary N) is 2. The molecule has 3 aromatic rings.